The Bertz CT molecular complexity index is 1470. The Morgan fingerprint density at radius 2 is 1.04 bits per heavy atom. The number of nitrogens with zero attached hydrogens (tertiary/aromatic N) is 3. The average Bonchev–Trinajstić information content (AvgIpc) is 3.05. The Hall–Kier alpha value is -4.37. The number of phenolic OH excluding ortho intramolecular Hbond substituents is 2. The number of aryl methyl sites for hydroxylation is 1. The molecule has 0 bridgehead atoms. The van der Waals surface area contributed by atoms with Crippen LogP contribution in [-0.2, 0) is 6.42 Å². The van der Waals surface area contributed by atoms with Crippen molar-refractivity contribution in [2.45, 2.75) is 78.6 Å². The molecule has 0 spiro atoms. The summed E-state index contributed by atoms with van der Waals surface area (Å²) in [5, 5.41) is 31.3. The second-order valence-corrected chi connectivity index (χ2v) is 11.3. The van der Waals surface area contributed by atoms with Crippen molar-refractivity contribution in [2.75, 3.05) is 26.4 Å². The first-order valence-corrected chi connectivity index (χ1v) is 16.5. The van der Waals surface area contributed by atoms with Gasteiger partial charge in [0.1, 0.15) is 28.7 Å². The number of aliphatic hydroxyl groups excluding tert-OH is 1. The number of hydrogen-bond acceptors (Lipinski definition) is 9. The lowest BCUT2D eigenvalue weighted by molar-refractivity contribution is 0.284. The lowest BCUT2D eigenvalue weighted by Crippen LogP contribution is -2.04. The van der Waals surface area contributed by atoms with E-state index in [0.717, 1.165) is 56.9 Å². The van der Waals surface area contributed by atoms with E-state index in [-0.39, 0.29) is 29.8 Å². The van der Waals surface area contributed by atoms with Crippen LogP contribution in [0.15, 0.2) is 54.6 Å². The van der Waals surface area contributed by atoms with Gasteiger partial charge in [0, 0.05) is 18.7 Å². The van der Waals surface area contributed by atoms with Crippen LogP contribution in [0.25, 0.3) is 34.2 Å². The zero-order chi connectivity index (χ0) is 32.7. The summed E-state index contributed by atoms with van der Waals surface area (Å²) in [4.78, 5) is 14.3. The van der Waals surface area contributed by atoms with E-state index in [4.69, 9.17) is 34.3 Å². The lowest BCUT2D eigenvalue weighted by Gasteiger charge is -2.15. The number of benzene rings is 3. The van der Waals surface area contributed by atoms with Crippen LogP contribution in [-0.4, -0.2) is 56.7 Å². The molecule has 246 valence electrons. The summed E-state index contributed by atoms with van der Waals surface area (Å²) in [6.45, 7) is 8.14. The maximum atomic E-state index is 11.1. The van der Waals surface area contributed by atoms with E-state index in [1.54, 1.807) is 30.3 Å². The number of ether oxygens (including phenoxy) is 3. The van der Waals surface area contributed by atoms with Crippen molar-refractivity contribution in [1.82, 2.24) is 15.0 Å². The molecule has 46 heavy (non-hydrogen) atoms. The number of aliphatic hydroxyl groups is 1. The minimum Gasteiger partial charge on any atom is -0.507 e. The fourth-order valence-electron chi connectivity index (χ4n) is 4.78. The predicted octanol–water partition coefficient (Wildman–Crippen LogP) is 8.14. The van der Waals surface area contributed by atoms with E-state index in [1.165, 1.54) is 0 Å². The first-order valence-electron chi connectivity index (χ1n) is 16.5. The van der Waals surface area contributed by atoms with Gasteiger partial charge in [-0.25, -0.2) is 15.0 Å². The van der Waals surface area contributed by atoms with Crippen LogP contribution in [0.3, 0.4) is 0 Å². The van der Waals surface area contributed by atoms with Gasteiger partial charge in [0.2, 0.25) is 0 Å². The van der Waals surface area contributed by atoms with Crippen LogP contribution >= 0.6 is 0 Å². The highest BCUT2D eigenvalue weighted by Crippen LogP contribution is 2.37. The third-order valence-corrected chi connectivity index (χ3v) is 7.50. The summed E-state index contributed by atoms with van der Waals surface area (Å²) in [7, 11) is 0. The van der Waals surface area contributed by atoms with E-state index in [2.05, 4.69) is 20.8 Å². The number of aromatic nitrogens is 3. The maximum absolute atomic E-state index is 11.1. The predicted molar refractivity (Wildman–Crippen MR) is 181 cm³/mol. The number of hydrogen-bond donors (Lipinski definition) is 3. The average molecular weight is 630 g/mol. The van der Waals surface area contributed by atoms with E-state index >= 15 is 0 Å². The molecule has 3 N–H and O–H groups in total. The van der Waals surface area contributed by atoms with Crippen LogP contribution in [0.5, 0.6) is 28.7 Å². The van der Waals surface area contributed by atoms with Gasteiger partial charge in [-0.1, -0.05) is 46.1 Å². The molecular weight excluding hydrogens is 582 g/mol. The molecule has 1 heterocycles. The van der Waals surface area contributed by atoms with Crippen LogP contribution < -0.4 is 14.2 Å². The van der Waals surface area contributed by atoms with Crippen molar-refractivity contribution < 1.29 is 29.5 Å². The maximum Gasteiger partial charge on any atom is 0.167 e. The highest BCUT2D eigenvalue weighted by Gasteiger charge is 2.20. The summed E-state index contributed by atoms with van der Waals surface area (Å²) in [5.41, 5.74) is 2.43. The summed E-state index contributed by atoms with van der Waals surface area (Å²) < 4.78 is 18.0. The molecule has 4 rings (SSSR count). The standard InChI is InChI=1S/C37H47N3O6/c1-4-7-20-44-27-14-17-30(33(43)24-27)36-38-35(29-16-13-26(23-32(29)42)12-10-11-19-41)39-37(40-36)31-18-15-28(45-21-8-5-2)25-34(31)46-22-9-6-3/h13-18,23-25,41-43H,4-12,19-22H2,1-3H3. The molecule has 9 nitrogen and oxygen atoms in total. The minimum absolute atomic E-state index is 0.0281. The van der Waals surface area contributed by atoms with Crippen molar-refractivity contribution in [3.63, 3.8) is 0 Å². The van der Waals surface area contributed by atoms with Gasteiger partial charge in [-0.15, -0.1) is 0 Å². The van der Waals surface area contributed by atoms with Gasteiger partial charge in [0.15, 0.2) is 17.5 Å². The van der Waals surface area contributed by atoms with E-state index in [0.29, 0.717) is 66.0 Å². The molecule has 3 aromatic carbocycles. The molecule has 0 saturated heterocycles. The zero-order valence-corrected chi connectivity index (χ0v) is 27.3. The van der Waals surface area contributed by atoms with E-state index < -0.39 is 0 Å². The molecule has 0 fully saturated rings. The van der Waals surface area contributed by atoms with Gasteiger partial charge in [0.25, 0.3) is 0 Å². The van der Waals surface area contributed by atoms with Gasteiger partial charge in [-0.3, -0.25) is 0 Å². The number of aromatic hydroxyl groups is 2. The first kappa shape index (κ1) is 34.5. The topological polar surface area (TPSA) is 127 Å². The summed E-state index contributed by atoms with van der Waals surface area (Å²) >= 11 is 0. The monoisotopic (exact) mass is 629 g/mol. The fourth-order valence-corrected chi connectivity index (χ4v) is 4.78. The Labute approximate surface area is 272 Å². The fraction of sp³-hybridized carbons (Fsp3) is 0.432. The molecular formula is C37H47N3O6. The van der Waals surface area contributed by atoms with E-state index in [1.807, 2.05) is 24.3 Å². The third-order valence-electron chi connectivity index (χ3n) is 7.50. The molecule has 0 amide bonds. The van der Waals surface area contributed by atoms with Crippen molar-refractivity contribution in [1.29, 1.82) is 0 Å². The van der Waals surface area contributed by atoms with Crippen molar-refractivity contribution in [2.24, 2.45) is 0 Å². The summed E-state index contributed by atoms with van der Waals surface area (Å²) in [6, 6.07) is 16.1. The van der Waals surface area contributed by atoms with E-state index in [9.17, 15) is 10.2 Å². The summed E-state index contributed by atoms with van der Waals surface area (Å²) in [6.07, 6.45) is 8.00. The second-order valence-electron chi connectivity index (χ2n) is 11.3. The van der Waals surface area contributed by atoms with Crippen molar-refractivity contribution >= 4 is 0 Å². The van der Waals surface area contributed by atoms with Gasteiger partial charge in [-0.05, 0) is 80.5 Å². The van der Waals surface area contributed by atoms with Crippen molar-refractivity contribution in [3.8, 4) is 62.9 Å². The smallest absolute Gasteiger partial charge is 0.167 e. The quantitative estimate of drug-likeness (QED) is 0.0881. The highest BCUT2D eigenvalue weighted by atomic mass is 16.5. The Balaban J connectivity index is 1.81. The summed E-state index contributed by atoms with van der Waals surface area (Å²) in [5.74, 6) is 2.68. The molecule has 0 radical (unpaired) electrons. The van der Waals surface area contributed by atoms with Crippen LogP contribution in [0.2, 0.25) is 0 Å². The molecule has 0 saturated carbocycles. The van der Waals surface area contributed by atoms with Gasteiger partial charge in [-0.2, -0.15) is 0 Å². The minimum atomic E-state index is -0.0281. The number of rotatable bonds is 19. The Morgan fingerprint density at radius 3 is 1.59 bits per heavy atom. The Kier molecular flexibility index (Phi) is 13.5. The van der Waals surface area contributed by atoms with Crippen LogP contribution in [0.1, 0.15) is 77.7 Å². The highest BCUT2D eigenvalue weighted by molar-refractivity contribution is 5.74. The molecule has 0 aliphatic carbocycles. The van der Waals surface area contributed by atoms with Gasteiger partial charge in [0.05, 0.1) is 36.5 Å². The van der Waals surface area contributed by atoms with Crippen LogP contribution in [0, 0.1) is 0 Å². The molecule has 4 aromatic rings. The number of phenols is 2. The number of unbranched alkanes of at least 4 members (excludes halogenated alkanes) is 4. The first-order chi connectivity index (χ1) is 22.5. The second kappa shape index (κ2) is 17.9. The lowest BCUT2D eigenvalue weighted by atomic mass is 10.0. The normalized spacial score (nSPS) is 11.0. The molecule has 0 unspecified atom stereocenters. The van der Waals surface area contributed by atoms with Crippen LogP contribution in [0.4, 0.5) is 0 Å². The zero-order valence-electron chi connectivity index (χ0n) is 27.3. The Morgan fingerprint density at radius 1 is 0.543 bits per heavy atom. The third kappa shape index (κ3) is 9.57. The van der Waals surface area contributed by atoms with Gasteiger partial charge >= 0.3 is 0 Å². The SMILES string of the molecule is CCCCOc1ccc(-c2nc(-c3ccc(CCCCO)cc3O)nc(-c3ccc(OCCCC)cc3OCCCC)n2)c(O)c1. The molecule has 9 heteroatoms. The van der Waals surface area contributed by atoms with Gasteiger partial charge < -0.3 is 29.5 Å². The largest absolute Gasteiger partial charge is 0.507 e. The molecule has 1 aromatic heterocycles. The molecule has 0 aliphatic rings. The molecule has 0 aliphatic heterocycles. The van der Waals surface area contributed by atoms with Crippen molar-refractivity contribution in [3.05, 3.63) is 60.2 Å². The molecule has 0 atom stereocenters.